The number of allylic oxidation sites excluding steroid dienone is 2. The Bertz CT molecular complexity index is 174. The molecule has 0 aromatic rings. The molecule has 0 aliphatic rings. The van der Waals surface area contributed by atoms with E-state index < -0.39 is 13.9 Å². The summed E-state index contributed by atoms with van der Waals surface area (Å²) in [5.74, 6) is 0.186. The predicted octanol–water partition coefficient (Wildman–Crippen LogP) is 3.30. The second kappa shape index (κ2) is 4.09. The van der Waals surface area contributed by atoms with Crippen LogP contribution in [0.1, 0.15) is 6.92 Å². The minimum atomic E-state index is -4.88. The standard InChI is InChI=1S/C5H8ClF2OP/c1-5(2-3-6)4-10(7,8)9/h2H,3-4H2,1H3/b5-2+. The van der Waals surface area contributed by atoms with Crippen LogP contribution in [0.15, 0.2) is 11.6 Å². The summed E-state index contributed by atoms with van der Waals surface area (Å²) in [6.07, 6.45) is 0.785. The first-order valence-electron chi connectivity index (χ1n) is 2.65. The van der Waals surface area contributed by atoms with Crippen molar-refractivity contribution in [2.75, 3.05) is 12.0 Å². The smallest absolute Gasteiger partial charge is 0.250 e. The summed E-state index contributed by atoms with van der Waals surface area (Å²) in [4.78, 5) is 0. The summed E-state index contributed by atoms with van der Waals surface area (Å²) < 4.78 is 33.4. The van der Waals surface area contributed by atoms with Crippen molar-refractivity contribution in [1.29, 1.82) is 0 Å². The molecule has 0 spiro atoms. The normalized spacial score (nSPS) is 13.8. The van der Waals surface area contributed by atoms with Crippen LogP contribution in [0.2, 0.25) is 0 Å². The second-order valence-electron chi connectivity index (χ2n) is 1.93. The van der Waals surface area contributed by atoms with Gasteiger partial charge in [0.05, 0.1) is 6.16 Å². The van der Waals surface area contributed by atoms with Gasteiger partial charge >= 0.3 is 7.76 Å². The summed E-state index contributed by atoms with van der Waals surface area (Å²) in [6, 6.07) is 0. The average Bonchev–Trinajstić information content (AvgIpc) is 1.59. The summed E-state index contributed by atoms with van der Waals surface area (Å²) in [5, 5.41) is 0. The molecule has 1 nitrogen and oxygen atoms in total. The lowest BCUT2D eigenvalue weighted by Gasteiger charge is -1.97. The number of hydrogen-bond acceptors (Lipinski definition) is 1. The van der Waals surface area contributed by atoms with Gasteiger partial charge in [0, 0.05) is 5.88 Å². The highest BCUT2D eigenvalue weighted by molar-refractivity contribution is 7.53. The third kappa shape index (κ3) is 6.24. The highest BCUT2D eigenvalue weighted by Crippen LogP contribution is 2.50. The molecule has 0 radical (unpaired) electrons. The van der Waals surface area contributed by atoms with Crippen LogP contribution in [-0.4, -0.2) is 12.0 Å². The van der Waals surface area contributed by atoms with Gasteiger partial charge in [-0.3, -0.25) is 0 Å². The van der Waals surface area contributed by atoms with E-state index in [1.807, 2.05) is 0 Å². The lowest BCUT2D eigenvalue weighted by atomic mass is 10.3. The highest BCUT2D eigenvalue weighted by atomic mass is 35.5. The van der Waals surface area contributed by atoms with E-state index in [-0.39, 0.29) is 5.88 Å². The van der Waals surface area contributed by atoms with Gasteiger partial charge in [-0.05, 0) is 6.92 Å². The molecule has 0 rings (SSSR count). The van der Waals surface area contributed by atoms with E-state index in [1.54, 1.807) is 0 Å². The van der Waals surface area contributed by atoms with E-state index in [2.05, 4.69) is 0 Å². The van der Waals surface area contributed by atoms with Crippen LogP contribution in [0.25, 0.3) is 0 Å². The third-order valence-electron chi connectivity index (χ3n) is 0.859. The molecule has 0 aromatic carbocycles. The molecule has 0 amide bonds. The third-order valence-corrected chi connectivity index (χ3v) is 1.88. The molecule has 0 unspecified atom stereocenters. The van der Waals surface area contributed by atoms with Gasteiger partial charge in [-0.15, -0.1) is 11.6 Å². The molecule has 0 atom stereocenters. The van der Waals surface area contributed by atoms with Crippen molar-refractivity contribution in [1.82, 2.24) is 0 Å². The number of alkyl halides is 1. The van der Waals surface area contributed by atoms with E-state index in [1.165, 1.54) is 13.0 Å². The maximum absolute atomic E-state index is 11.8. The first-order valence-corrected chi connectivity index (χ1v) is 4.86. The van der Waals surface area contributed by atoms with Crippen LogP contribution >= 0.6 is 19.4 Å². The average molecular weight is 189 g/mol. The molecule has 0 aliphatic carbocycles. The molecular formula is C5H8ClF2OP. The van der Waals surface area contributed by atoms with Crippen LogP contribution < -0.4 is 0 Å². The maximum Gasteiger partial charge on any atom is 0.406 e. The van der Waals surface area contributed by atoms with Gasteiger partial charge in [0.25, 0.3) is 0 Å². The predicted molar refractivity (Wildman–Crippen MR) is 39.2 cm³/mol. The van der Waals surface area contributed by atoms with E-state index in [4.69, 9.17) is 11.6 Å². The van der Waals surface area contributed by atoms with Crippen molar-refractivity contribution in [3.63, 3.8) is 0 Å². The van der Waals surface area contributed by atoms with Gasteiger partial charge in [-0.2, -0.15) is 8.39 Å². The molecule has 0 aliphatic heterocycles. The maximum atomic E-state index is 11.8. The van der Waals surface area contributed by atoms with Crippen molar-refractivity contribution in [3.05, 3.63) is 11.6 Å². The zero-order valence-corrected chi connectivity index (χ0v) is 7.13. The van der Waals surface area contributed by atoms with Crippen molar-refractivity contribution < 1.29 is 13.0 Å². The van der Waals surface area contributed by atoms with Crippen LogP contribution in [0, 0.1) is 0 Å². The Morgan fingerprint density at radius 2 is 2.20 bits per heavy atom. The fourth-order valence-corrected chi connectivity index (χ4v) is 1.46. The first kappa shape index (κ1) is 10.1. The van der Waals surface area contributed by atoms with Crippen molar-refractivity contribution in [2.45, 2.75) is 6.92 Å². The molecule has 5 heteroatoms. The van der Waals surface area contributed by atoms with E-state index in [9.17, 15) is 13.0 Å². The van der Waals surface area contributed by atoms with Crippen LogP contribution in [0.5, 0.6) is 0 Å². The zero-order valence-electron chi connectivity index (χ0n) is 5.48. The monoisotopic (exact) mass is 188 g/mol. The Labute approximate surface area is 63.7 Å². The molecule has 0 heterocycles. The molecule has 60 valence electrons. The highest BCUT2D eigenvalue weighted by Gasteiger charge is 2.18. The van der Waals surface area contributed by atoms with Gasteiger partial charge in [0.2, 0.25) is 0 Å². The molecule has 0 bridgehead atoms. The Kier molecular flexibility index (Phi) is 4.14. The summed E-state index contributed by atoms with van der Waals surface area (Å²) >= 11 is 5.21. The van der Waals surface area contributed by atoms with Crippen LogP contribution in [0.4, 0.5) is 8.39 Å². The number of hydrogen-bond donors (Lipinski definition) is 0. The fourth-order valence-electron chi connectivity index (χ4n) is 0.487. The van der Waals surface area contributed by atoms with Gasteiger partial charge in [0.15, 0.2) is 0 Å². The van der Waals surface area contributed by atoms with Gasteiger partial charge in [-0.1, -0.05) is 11.6 Å². The number of rotatable bonds is 3. The van der Waals surface area contributed by atoms with Crippen LogP contribution in [0.3, 0.4) is 0 Å². The molecule has 0 saturated carbocycles. The van der Waals surface area contributed by atoms with Crippen molar-refractivity contribution in [3.8, 4) is 0 Å². The van der Waals surface area contributed by atoms with Crippen molar-refractivity contribution >= 4 is 19.4 Å². The SMILES string of the molecule is C/C(=C\CCl)CP(=O)(F)F. The Morgan fingerprint density at radius 1 is 1.70 bits per heavy atom. The van der Waals surface area contributed by atoms with Crippen molar-refractivity contribution in [2.24, 2.45) is 0 Å². The largest absolute Gasteiger partial charge is 0.406 e. The van der Waals surface area contributed by atoms with Crippen LogP contribution in [-0.2, 0) is 4.57 Å². The van der Waals surface area contributed by atoms with E-state index in [0.29, 0.717) is 5.57 Å². The summed E-state index contributed by atoms with van der Waals surface area (Å²) in [5.41, 5.74) is 0.378. The lowest BCUT2D eigenvalue weighted by Crippen LogP contribution is -1.82. The number of halogens is 3. The molecule has 0 aromatic heterocycles. The van der Waals surface area contributed by atoms with Gasteiger partial charge < -0.3 is 0 Å². The van der Waals surface area contributed by atoms with Gasteiger partial charge in [0.1, 0.15) is 0 Å². The molecular weight excluding hydrogens is 180 g/mol. The minimum Gasteiger partial charge on any atom is -0.250 e. The Balaban J connectivity index is 3.92. The Hall–Kier alpha value is 0.120. The molecule has 0 saturated heterocycles. The first-order chi connectivity index (χ1) is 4.45. The summed E-state index contributed by atoms with van der Waals surface area (Å²) in [7, 11) is -4.88. The minimum absolute atomic E-state index is 0.186. The lowest BCUT2D eigenvalue weighted by molar-refractivity contribution is 0.497. The van der Waals surface area contributed by atoms with E-state index >= 15 is 0 Å². The second-order valence-corrected chi connectivity index (χ2v) is 3.70. The zero-order chi connectivity index (χ0) is 8.20. The van der Waals surface area contributed by atoms with E-state index in [0.717, 1.165) is 0 Å². The fraction of sp³-hybridized carbons (Fsp3) is 0.600. The Morgan fingerprint density at radius 3 is 2.50 bits per heavy atom. The topological polar surface area (TPSA) is 17.1 Å². The quantitative estimate of drug-likeness (QED) is 0.377. The van der Waals surface area contributed by atoms with Gasteiger partial charge in [-0.25, -0.2) is 4.57 Å². The molecule has 0 fully saturated rings. The molecule has 10 heavy (non-hydrogen) atoms. The molecule has 0 N–H and O–H groups in total. The summed E-state index contributed by atoms with van der Waals surface area (Å²) in [6.45, 7) is 1.48.